The highest BCUT2D eigenvalue weighted by atomic mass is 32.2. The number of rotatable bonds is 4. The number of sulfonamides is 1. The van der Waals surface area contributed by atoms with Crippen LogP contribution in [0.5, 0.6) is 0 Å². The van der Waals surface area contributed by atoms with Crippen molar-refractivity contribution in [2.45, 2.75) is 26.2 Å². The quantitative estimate of drug-likeness (QED) is 0.382. The number of nitriles is 1. The zero-order chi connectivity index (χ0) is 26.0. The minimum atomic E-state index is -3.45. The summed E-state index contributed by atoms with van der Waals surface area (Å²) in [6, 6.07) is 22.2. The number of fused-ring (bicyclic) bond motifs is 1. The van der Waals surface area contributed by atoms with E-state index in [0.717, 1.165) is 40.4 Å². The fraction of sp³-hybridized carbons (Fsp3) is 0.207. The minimum absolute atomic E-state index is 0.0818. The number of aromatic nitrogens is 1. The Kier molecular flexibility index (Phi) is 6.64. The lowest BCUT2D eigenvalue weighted by atomic mass is 9.99. The highest BCUT2D eigenvalue weighted by Crippen LogP contribution is 2.31. The molecule has 8 heteroatoms. The molecule has 186 valence electrons. The fourth-order valence-electron chi connectivity index (χ4n) is 4.72. The lowest BCUT2D eigenvalue weighted by Crippen LogP contribution is -2.32. The van der Waals surface area contributed by atoms with E-state index in [4.69, 9.17) is 0 Å². The van der Waals surface area contributed by atoms with E-state index in [1.165, 1.54) is 16.4 Å². The summed E-state index contributed by atoms with van der Waals surface area (Å²) in [6.45, 7) is 2.36. The number of amides is 1. The first-order chi connectivity index (χ1) is 17.9. The summed E-state index contributed by atoms with van der Waals surface area (Å²) >= 11 is 0. The molecule has 1 saturated heterocycles. The Morgan fingerprint density at radius 1 is 1.03 bits per heavy atom. The predicted molar refractivity (Wildman–Crippen MR) is 146 cm³/mol. The maximum absolute atomic E-state index is 13.2. The van der Waals surface area contributed by atoms with Gasteiger partial charge < -0.3 is 5.32 Å². The third kappa shape index (κ3) is 4.91. The van der Waals surface area contributed by atoms with Crippen LogP contribution in [-0.4, -0.2) is 31.6 Å². The van der Waals surface area contributed by atoms with Gasteiger partial charge in [-0.3, -0.25) is 14.1 Å². The number of hydrogen-bond donors (Lipinski definition) is 1. The summed E-state index contributed by atoms with van der Waals surface area (Å²) in [5.74, 6) is -0.360. The van der Waals surface area contributed by atoms with Crippen molar-refractivity contribution >= 4 is 38.1 Å². The second-order valence-electron chi connectivity index (χ2n) is 9.16. The normalized spacial score (nSPS) is 15.1. The monoisotopic (exact) mass is 510 g/mol. The molecule has 3 aromatic carbocycles. The summed E-state index contributed by atoms with van der Waals surface area (Å²) in [6.07, 6.45) is 3.99. The van der Waals surface area contributed by atoms with Crippen LogP contribution >= 0.6 is 0 Å². The summed E-state index contributed by atoms with van der Waals surface area (Å²) in [5.41, 5.74) is 4.03. The molecule has 4 aromatic rings. The number of nitrogens with one attached hydrogen (secondary N) is 1. The number of carbonyl (C=O) groups is 1. The molecule has 1 N–H and O–H groups in total. The molecule has 37 heavy (non-hydrogen) atoms. The molecule has 0 atom stereocenters. The molecule has 0 spiro atoms. The van der Waals surface area contributed by atoms with E-state index in [2.05, 4.69) is 16.4 Å². The van der Waals surface area contributed by atoms with E-state index in [0.29, 0.717) is 24.3 Å². The fourth-order valence-corrected chi connectivity index (χ4v) is 6.35. The third-order valence-electron chi connectivity index (χ3n) is 6.68. The van der Waals surface area contributed by atoms with Gasteiger partial charge in [0.15, 0.2) is 0 Å². The maximum atomic E-state index is 13.2. The van der Waals surface area contributed by atoms with Gasteiger partial charge in [0.1, 0.15) is 6.07 Å². The second-order valence-corrected chi connectivity index (χ2v) is 11.2. The molecular weight excluding hydrogens is 484 g/mol. The standard InChI is InChI=1S/C29H26N4O3S/c1-20-9-10-23(18-27(20)28-25-8-4-3-7-21(25)13-14-31-28)32-29(34)26-12-11-24(17-22(26)19-30)33-15-5-2-6-16-37(33,35)36/h3-4,7-14,17-18H,2,5-6,15-16H2,1H3,(H,32,34). The van der Waals surface area contributed by atoms with Crippen LogP contribution < -0.4 is 9.62 Å². The molecule has 5 rings (SSSR count). The average Bonchev–Trinajstić information content (AvgIpc) is 3.09. The largest absolute Gasteiger partial charge is 0.322 e. The number of aryl methyl sites for hydroxylation is 1. The van der Waals surface area contributed by atoms with Crippen molar-refractivity contribution in [2.24, 2.45) is 0 Å². The van der Waals surface area contributed by atoms with Gasteiger partial charge in [0, 0.05) is 29.4 Å². The molecule has 2 heterocycles. The van der Waals surface area contributed by atoms with E-state index in [-0.39, 0.29) is 16.9 Å². The van der Waals surface area contributed by atoms with E-state index < -0.39 is 15.9 Å². The van der Waals surface area contributed by atoms with Gasteiger partial charge >= 0.3 is 0 Å². The van der Waals surface area contributed by atoms with Crippen LogP contribution in [0.4, 0.5) is 11.4 Å². The van der Waals surface area contributed by atoms with Crippen molar-refractivity contribution < 1.29 is 13.2 Å². The van der Waals surface area contributed by atoms with Crippen molar-refractivity contribution in [3.05, 3.63) is 89.6 Å². The highest BCUT2D eigenvalue weighted by Gasteiger charge is 2.26. The molecule has 0 bridgehead atoms. The lowest BCUT2D eigenvalue weighted by molar-refractivity contribution is 0.102. The first-order valence-electron chi connectivity index (χ1n) is 12.2. The van der Waals surface area contributed by atoms with Crippen LogP contribution in [0.25, 0.3) is 22.0 Å². The molecule has 1 aliphatic heterocycles. The topological polar surface area (TPSA) is 103 Å². The molecule has 7 nitrogen and oxygen atoms in total. The van der Waals surface area contributed by atoms with Crippen molar-refractivity contribution in [1.82, 2.24) is 4.98 Å². The summed E-state index contributed by atoms with van der Waals surface area (Å²) < 4.78 is 26.7. The van der Waals surface area contributed by atoms with Crippen molar-refractivity contribution in [3.63, 3.8) is 0 Å². The number of nitrogens with zero attached hydrogens (tertiary/aromatic N) is 3. The number of benzene rings is 3. The summed E-state index contributed by atoms with van der Waals surface area (Å²) in [4.78, 5) is 17.8. The Bertz CT molecular complexity index is 1650. The van der Waals surface area contributed by atoms with E-state index in [9.17, 15) is 18.5 Å². The van der Waals surface area contributed by atoms with Crippen LogP contribution in [0.1, 0.15) is 40.7 Å². The molecule has 0 radical (unpaired) electrons. The highest BCUT2D eigenvalue weighted by molar-refractivity contribution is 7.92. The predicted octanol–water partition coefficient (Wildman–Crippen LogP) is 5.65. The van der Waals surface area contributed by atoms with Crippen LogP contribution in [0.2, 0.25) is 0 Å². The maximum Gasteiger partial charge on any atom is 0.257 e. The lowest BCUT2D eigenvalue weighted by Gasteiger charge is -2.22. The van der Waals surface area contributed by atoms with Gasteiger partial charge in [0.05, 0.1) is 28.3 Å². The van der Waals surface area contributed by atoms with E-state index >= 15 is 0 Å². The van der Waals surface area contributed by atoms with Gasteiger partial charge in [-0.05, 0) is 67.1 Å². The van der Waals surface area contributed by atoms with Crippen molar-refractivity contribution in [2.75, 3.05) is 21.9 Å². The summed E-state index contributed by atoms with van der Waals surface area (Å²) in [7, 11) is -3.45. The first-order valence-corrected chi connectivity index (χ1v) is 13.8. The van der Waals surface area contributed by atoms with E-state index in [1.54, 1.807) is 12.3 Å². The van der Waals surface area contributed by atoms with Gasteiger partial charge in [-0.2, -0.15) is 5.26 Å². The Balaban J connectivity index is 1.45. The van der Waals surface area contributed by atoms with Gasteiger partial charge in [-0.15, -0.1) is 0 Å². The number of carbonyl (C=O) groups excluding carboxylic acids is 1. The minimum Gasteiger partial charge on any atom is -0.322 e. The summed E-state index contributed by atoms with van der Waals surface area (Å²) in [5, 5.41) is 14.8. The van der Waals surface area contributed by atoms with Gasteiger partial charge in [0.2, 0.25) is 10.0 Å². The van der Waals surface area contributed by atoms with Crippen LogP contribution in [0.3, 0.4) is 0 Å². The number of anilines is 2. The smallest absolute Gasteiger partial charge is 0.257 e. The molecule has 1 amide bonds. The Hall–Kier alpha value is -4.22. The van der Waals surface area contributed by atoms with E-state index in [1.807, 2.05) is 55.5 Å². The van der Waals surface area contributed by atoms with Crippen molar-refractivity contribution in [1.29, 1.82) is 5.26 Å². The third-order valence-corrected chi connectivity index (χ3v) is 8.55. The van der Waals surface area contributed by atoms with Crippen LogP contribution in [0, 0.1) is 18.3 Å². The Morgan fingerprint density at radius 3 is 2.70 bits per heavy atom. The molecule has 0 aliphatic carbocycles. The first kappa shape index (κ1) is 24.5. The zero-order valence-corrected chi connectivity index (χ0v) is 21.3. The molecule has 1 fully saturated rings. The number of pyridine rings is 1. The molecule has 0 saturated carbocycles. The Labute approximate surface area is 216 Å². The Morgan fingerprint density at radius 2 is 1.86 bits per heavy atom. The molecule has 0 unspecified atom stereocenters. The average molecular weight is 511 g/mol. The molecule has 1 aliphatic rings. The van der Waals surface area contributed by atoms with Gasteiger partial charge in [-0.25, -0.2) is 8.42 Å². The van der Waals surface area contributed by atoms with Crippen molar-refractivity contribution in [3.8, 4) is 17.3 Å². The van der Waals surface area contributed by atoms with Gasteiger partial charge in [-0.1, -0.05) is 36.8 Å². The molecule has 1 aromatic heterocycles. The van der Waals surface area contributed by atoms with Gasteiger partial charge in [0.25, 0.3) is 5.91 Å². The SMILES string of the molecule is Cc1ccc(NC(=O)c2ccc(N3CCCCCS3(=O)=O)cc2C#N)cc1-c1nccc2ccccc12. The zero-order valence-electron chi connectivity index (χ0n) is 20.4. The van der Waals surface area contributed by atoms with Crippen LogP contribution in [-0.2, 0) is 10.0 Å². The number of hydrogen-bond acceptors (Lipinski definition) is 5. The molecular formula is C29H26N4O3S. The second kappa shape index (κ2) is 10.0. The van der Waals surface area contributed by atoms with Crippen LogP contribution in [0.15, 0.2) is 72.9 Å².